The summed E-state index contributed by atoms with van der Waals surface area (Å²) >= 11 is 0. The molecule has 0 N–H and O–H groups in total. The van der Waals surface area contributed by atoms with Crippen molar-refractivity contribution in [2.75, 3.05) is 25.2 Å². The zero-order chi connectivity index (χ0) is 16.3. The summed E-state index contributed by atoms with van der Waals surface area (Å²) in [5.74, 6) is -0.939. The second-order valence-corrected chi connectivity index (χ2v) is 5.18. The number of hydrogen-bond acceptors (Lipinski definition) is 3. The zero-order valence-corrected chi connectivity index (χ0v) is 12.4. The molecule has 0 aliphatic carbocycles. The molecule has 4 nitrogen and oxygen atoms in total. The third kappa shape index (κ3) is 3.71. The number of halogens is 3. The largest absolute Gasteiger partial charge is 0.495 e. The Balaban J connectivity index is 2.36. The smallest absolute Gasteiger partial charge is 0.406 e. The van der Waals surface area contributed by atoms with Crippen molar-refractivity contribution in [2.24, 2.45) is 5.92 Å². The number of carbonyl (C=O) groups excluding carboxylic acids is 1. The highest BCUT2D eigenvalue weighted by Crippen LogP contribution is 2.33. The van der Waals surface area contributed by atoms with E-state index in [9.17, 15) is 18.0 Å². The molecule has 0 bridgehead atoms. The third-order valence-corrected chi connectivity index (χ3v) is 3.67. The van der Waals surface area contributed by atoms with Crippen molar-refractivity contribution in [3.63, 3.8) is 0 Å². The molecule has 122 valence electrons. The van der Waals surface area contributed by atoms with Gasteiger partial charge in [-0.25, -0.2) is 0 Å². The highest BCUT2D eigenvalue weighted by atomic mass is 19.4. The molecule has 7 heteroatoms. The maximum absolute atomic E-state index is 12.9. The predicted octanol–water partition coefficient (Wildman–Crippen LogP) is 3.02. The molecule has 1 saturated heterocycles. The highest BCUT2D eigenvalue weighted by Gasteiger charge is 2.40. The lowest BCUT2D eigenvalue weighted by Crippen LogP contribution is -2.44. The van der Waals surface area contributed by atoms with Crippen molar-refractivity contribution in [3.05, 3.63) is 24.3 Å². The molecule has 1 aromatic rings. The van der Waals surface area contributed by atoms with Crippen LogP contribution in [0.15, 0.2) is 24.3 Å². The Kier molecular flexibility index (Phi) is 4.95. The standard InChI is InChI=1S/C15H18F3NO3/c1-10-11(7-8-22-10)14(20)19(9-15(16,17)18)12-5-3-4-6-13(12)21-2/h3-6,10-11H,7-9H2,1-2H3/t10-,11-/m1/s1. The van der Waals surface area contributed by atoms with E-state index >= 15 is 0 Å². The van der Waals surface area contributed by atoms with Gasteiger partial charge in [0.2, 0.25) is 5.91 Å². The molecule has 1 aliphatic rings. The summed E-state index contributed by atoms with van der Waals surface area (Å²) in [5, 5.41) is 0. The summed E-state index contributed by atoms with van der Waals surface area (Å²) in [5.41, 5.74) is 0.117. The quantitative estimate of drug-likeness (QED) is 0.857. The Morgan fingerprint density at radius 2 is 2.09 bits per heavy atom. The van der Waals surface area contributed by atoms with Gasteiger partial charge in [0.25, 0.3) is 0 Å². The van der Waals surface area contributed by atoms with E-state index in [1.54, 1.807) is 19.1 Å². The van der Waals surface area contributed by atoms with Gasteiger partial charge in [-0.15, -0.1) is 0 Å². The Morgan fingerprint density at radius 3 is 2.64 bits per heavy atom. The Morgan fingerprint density at radius 1 is 1.41 bits per heavy atom. The van der Waals surface area contributed by atoms with Gasteiger partial charge in [-0.2, -0.15) is 13.2 Å². The molecule has 0 radical (unpaired) electrons. The molecule has 2 rings (SSSR count). The van der Waals surface area contributed by atoms with Gasteiger partial charge in [0.1, 0.15) is 12.3 Å². The molecule has 1 fully saturated rings. The topological polar surface area (TPSA) is 38.8 Å². The van der Waals surface area contributed by atoms with Gasteiger partial charge in [0.05, 0.1) is 24.8 Å². The third-order valence-electron chi connectivity index (χ3n) is 3.67. The minimum absolute atomic E-state index is 0.117. The van der Waals surface area contributed by atoms with E-state index in [0.29, 0.717) is 13.0 Å². The predicted molar refractivity (Wildman–Crippen MR) is 74.9 cm³/mol. The van der Waals surface area contributed by atoms with Crippen LogP contribution in [-0.4, -0.2) is 38.4 Å². The number of amides is 1. The molecular weight excluding hydrogens is 299 g/mol. The van der Waals surface area contributed by atoms with E-state index in [4.69, 9.17) is 9.47 Å². The number of hydrogen-bond donors (Lipinski definition) is 0. The van der Waals surface area contributed by atoms with Gasteiger partial charge in [-0.1, -0.05) is 12.1 Å². The molecule has 1 amide bonds. The first kappa shape index (κ1) is 16.6. The van der Waals surface area contributed by atoms with Crippen molar-refractivity contribution >= 4 is 11.6 Å². The molecule has 1 aliphatic heterocycles. The second-order valence-electron chi connectivity index (χ2n) is 5.18. The Bertz CT molecular complexity index is 533. The van der Waals surface area contributed by atoms with Crippen molar-refractivity contribution in [1.82, 2.24) is 0 Å². The molecule has 0 spiro atoms. The summed E-state index contributed by atoms with van der Waals surface area (Å²) < 4.78 is 49.1. The van der Waals surface area contributed by atoms with Crippen LogP contribution in [-0.2, 0) is 9.53 Å². The highest BCUT2D eigenvalue weighted by molar-refractivity contribution is 5.97. The molecule has 2 atom stereocenters. The number of rotatable bonds is 4. The first-order valence-electron chi connectivity index (χ1n) is 6.96. The van der Waals surface area contributed by atoms with Crippen LogP contribution in [0.1, 0.15) is 13.3 Å². The summed E-state index contributed by atoms with van der Waals surface area (Å²) in [4.78, 5) is 13.3. The lowest BCUT2D eigenvalue weighted by atomic mass is 10.0. The van der Waals surface area contributed by atoms with Gasteiger partial charge in [0.15, 0.2) is 0 Å². The lowest BCUT2D eigenvalue weighted by molar-refractivity contribution is -0.135. The second kappa shape index (κ2) is 6.56. The van der Waals surface area contributed by atoms with E-state index < -0.39 is 30.7 Å². The average molecular weight is 317 g/mol. The van der Waals surface area contributed by atoms with Gasteiger partial charge in [0, 0.05) is 6.61 Å². The summed E-state index contributed by atoms with van der Waals surface area (Å²) in [7, 11) is 1.36. The van der Waals surface area contributed by atoms with Crippen molar-refractivity contribution in [2.45, 2.75) is 25.6 Å². The number of methoxy groups -OCH3 is 1. The summed E-state index contributed by atoms with van der Waals surface area (Å²) in [6.45, 7) is 0.725. The fourth-order valence-electron chi connectivity index (χ4n) is 2.57. The van der Waals surface area contributed by atoms with Gasteiger partial charge in [-0.3, -0.25) is 9.69 Å². The number of benzene rings is 1. The number of carbonyl (C=O) groups is 1. The normalized spacial score (nSPS) is 21.7. The van der Waals surface area contributed by atoms with Crippen LogP contribution in [0.5, 0.6) is 5.75 Å². The maximum Gasteiger partial charge on any atom is 0.406 e. The fourth-order valence-corrected chi connectivity index (χ4v) is 2.57. The SMILES string of the molecule is COc1ccccc1N(CC(F)(F)F)C(=O)[C@@H]1CCO[C@@H]1C. The lowest BCUT2D eigenvalue weighted by Gasteiger charge is -2.28. The van der Waals surface area contributed by atoms with Gasteiger partial charge >= 0.3 is 6.18 Å². The van der Waals surface area contributed by atoms with E-state index in [0.717, 1.165) is 4.90 Å². The maximum atomic E-state index is 12.9. The van der Waals surface area contributed by atoms with Crippen LogP contribution in [0.3, 0.4) is 0 Å². The molecule has 0 aromatic heterocycles. The average Bonchev–Trinajstić information content (AvgIpc) is 2.89. The number of anilines is 1. The number of nitrogens with zero attached hydrogens (tertiary/aromatic N) is 1. The number of alkyl halides is 3. The first-order valence-corrected chi connectivity index (χ1v) is 6.96. The van der Waals surface area contributed by atoms with Crippen LogP contribution in [0.4, 0.5) is 18.9 Å². The van der Waals surface area contributed by atoms with Crippen LogP contribution in [0, 0.1) is 5.92 Å². The molecular formula is C15H18F3NO3. The summed E-state index contributed by atoms with van der Waals surface area (Å²) in [6.07, 6.45) is -4.47. The molecule has 0 saturated carbocycles. The van der Waals surface area contributed by atoms with E-state index in [-0.39, 0.29) is 11.4 Å². The monoisotopic (exact) mass is 317 g/mol. The van der Waals surface area contributed by atoms with E-state index in [1.807, 2.05) is 0 Å². The zero-order valence-electron chi connectivity index (χ0n) is 12.4. The summed E-state index contributed by atoms with van der Waals surface area (Å²) in [6, 6.07) is 6.19. The van der Waals surface area contributed by atoms with Crippen molar-refractivity contribution in [1.29, 1.82) is 0 Å². The first-order chi connectivity index (χ1) is 10.3. The van der Waals surface area contributed by atoms with Crippen LogP contribution in [0.2, 0.25) is 0 Å². The van der Waals surface area contributed by atoms with Crippen molar-refractivity contribution in [3.8, 4) is 5.75 Å². The van der Waals surface area contributed by atoms with Crippen molar-refractivity contribution < 1.29 is 27.4 Å². The Hall–Kier alpha value is -1.76. The van der Waals surface area contributed by atoms with E-state index in [2.05, 4.69) is 0 Å². The van der Waals surface area contributed by atoms with E-state index in [1.165, 1.54) is 19.2 Å². The molecule has 0 unspecified atom stereocenters. The molecule has 1 heterocycles. The number of ether oxygens (including phenoxy) is 2. The van der Waals surface area contributed by atoms with Gasteiger partial charge in [-0.05, 0) is 25.5 Å². The molecule has 22 heavy (non-hydrogen) atoms. The minimum atomic E-state index is -4.50. The van der Waals surface area contributed by atoms with Crippen LogP contribution >= 0.6 is 0 Å². The fraction of sp³-hybridized carbons (Fsp3) is 0.533. The minimum Gasteiger partial charge on any atom is -0.495 e. The van der Waals surface area contributed by atoms with Crippen LogP contribution < -0.4 is 9.64 Å². The number of para-hydroxylation sites is 2. The molecule has 1 aromatic carbocycles. The Labute approximate surface area is 126 Å². The van der Waals surface area contributed by atoms with Crippen LogP contribution in [0.25, 0.3) is 0 Å². The van der Waals surface area contributed by atoms with Gasteiger partial charge < -0.3 is 9.47 Å².